The molecule has 4 rings (SSSR count). The maximum atomic E-state index is 13.2. The summed E-state index contributed by atoms with van der Waals surface area (Å²) in [6, 6.07) is 23.3. The number of hydrogen-bond acceptors (Lipinski definition) is 2. The van der Waals surface area contributed by atoms with Crippen LogP contribution in [0.5, 0.6) is 0 Å². The highest BCUT2D eigenvalue weighted by molar-refractivity contribution is 5.87. The van der Waals surface area contributed by atoms with Gasteiger partial charge >= 0.3 is 0 Å². The fourth-order valence-corrected chi connectivity index (χ4v) is 3.27. The van der Waals surface area contributed by atoms with Crippen LogP contribution in [-0.2, 0) is 0 Å². The molecular weight excluding hydrogens is 332 g/mol. The lowest BCUT2D eigenvalue weighted by Crippen LogP contribution is -2.07. The Labute approximate surface area is 158 Å². The molecule has 0 atom stereocenters. The molecule has 0 radical (unpaired) electrons. The molecule has 132 valence electrons. The lowest BCUT2D eigenvalue weighted by molar-refractivity contribution is 0.593. The zero-order valence-electron chi connectivity index (χ0n) is 15.4. The van der Waals surface area contributed by atoms with Crippen molar-refractivity contribution in [3.05, 3.63) is 105 Å². The van der Waals surface area contributed by atoms with Crippen LogP contribution >= 0.6 is 0 Å². The molecule has 0 unspecified atom stereocenters. The third kappa shape index (κ3) is 3.22. The monoisotopic (exact) mass is 352 g/mol. The van der Waals surface area contributed by atoms with E-state index in [0.29, 0.717) is 22.3 Å². The quantitative estimate of drug-likeness (QED) is 0.436. The van der Waals surface area contributed by atoms with Gasteiger partial charge < -0.3 is 4.42 Å². The Kier molecular flexibility index (Phi) is 4.47. The number of para-hydroxylation sites is 1. The molecular formula is C25H20O2. The SMILES string of the molecule is Cc1cccc(/C=C/c2oc3ccccc3c(=O)c2-c2ccccc2)c1C. The highest BCUT2D eigenvalue weighted by Gasteiger charge is 2.14. The first kappa shape index (κ1) is 17.0. The van der Waals surface area contributed by atoms with Gasteiger partial charge in [0.15, 0.2) is 0 Å². The van der Waals surface area contributed by atoms with Crippen LogP contribution in [-0.4, -0.2) is 0 Å². The van der Waals surface area contributed by atoms with Gasteiger partial charge in [0.2, 0.25) is 5.43 Å². The third-order valence-electron chi connectivity index (χ3n) is 4.95. The maximum Gasteiger partial charge on any atom is 0.201 e. The van der Waals surface area contributed by atoms with Gasteiger partial charge in [-0.2, -0.15) is 0 Å². The Morgan fingerprint density at radius 1 is 0.778 bits per heavy atom. The average Bonchev–Trinajstić information content (AvgIpc) is 2.70. The average molecular weight is 352 g/mol. The minimum Gasteiger partial charge on any atom is -0.456 e. The molecule has 0 saturated carbocycles. The molecule has 2 heteroatoms. The van der Waals surface area contributed by atoms with Gasteiger partial charge in [0.05, 0.1) is 10.9 Å². The van der Waals surface area contributed by atoms with E-state index in [1.807, 2.05) is 72.8 Å². The molecule has 0 amide bonds. The summed E-state index contributed by atoms with van der Waals surface area (Å²) in [7, 11) is 0. The molecule has 0 fully saturated rings. The lowest BCUT2D eigenvalue weighted by atomic mass is 10.00. The van der Waals surface area contributed by atoms with Gasteiger partial charge in [0.25, 0.3) is 0 Å². The minimum atomic E-state index is -0.0105. The van der Waals surface area contributed by atoms with E-state index in [0.717, 1.165) is 11.1 Å². The number of rotatable bonds is 3. The molecule has 0 N–H and O–H groups in total. The van der Waals surface area contributed by atoms with Gasteiger partial charge in [0, 0.05) is 0 Å². The first-order valence-corrected chi connectivity index (χ1v) is 9.01. The van der Waals surface area contributed by atoms with Crippen molar-refractivity contribution in [3.63, 3.8) is 0 Å². The summed E-state index contributed by atoms with van der Waals surface area (Å²) >= 11 is 0. The number of aryl methyl sites for hydroxylation is 1. The van der Waals surface area contributed by atoms with E-state index in [9.17, 15) is 4.79 Å². The summed E-state index contributed by atoms with van der Waals surface area (Å²) in [4.78, 5) is 13.2. The van der Waals surface area contributed by atoms with E-state index >= 15 is 0 Å². The topological polar surface area (TPSA) is 30.2 Å². The predicted molar refractivity (Wildman–Crippen MR) is 113 cm³/mol. The van der Waals surface area contributed by atoms with E-state index in [1.54, 1.807) is 0 Å². The van der Waals surface area contributed by atoms with E-state index in [1.165, 1.54) is 11.1 Å². The Bertz CT molecular complexity index is 1200. The Balaban J connectivity index is 1.95. The molecule has 1 heterocycles. The molecule has 3 aromatic carbocycles. The molecule has 1 aromatic heterocycles. The summed E-state index contributed by atoms with van der Waals surface area (Å²) in [5, 5.41) is 0.597. The van der Waals surface area contributed by atoms with E-state index in [4.69, 9.17) is 4.42 Å². The molecule has 0 aliphatic carbocycles. The predicted octanol–water partition coefficient (Wildman–Crippen LogP) is 6.25. The second-order valence-corrected chi connectivity index (χ2v) is 6.66. The highest BCUT2D eigenvalue weighted by atomic mass is 16.3. The zero-order chi connectivity index (χ0) is 18.8. The van der Waals surface area contributed by atoms with Crippen LogP contribution < -0.4 is 5.43 Å². The summed E-state index contributed by atoms with van der Waals surface area (Å²) < 4.78 is 6.13. The van der Waals surface area contributed by atoms with Crippen LogP contribution in [0.2, 0.25) is 0 Å². The van der Waals surface area contributed by atoms with E-state index in [2.05, 4.69) is 26.0 Å². The Hall–Kier alpha value is -3.39. The van der Waals surface area contributed by atoms with Crippen molar-refractivity contribution in [2.45, 2.75) is 13.8 Å². The van der Waals surface area contributed by atoms with Crippen LogP contribution in [0, 0.1) is 13.8 Å². The van der Waals surface area contributed by atoms with E-state index in [-0.39, 0.29) is 5.43 Å². The zero-order valence-corrected chi connectivity index (χ0v) is 15.4. The van der Waals surface area contributed by atoms with Crippen molar-refractivity contribution >= 4 is 23.1 Å². The molecule has 0 aliphatic heterocycles. The number of fused-ring (bicyclic) bond motifs is 1. The molecule has 0 saturated heterocycles. The summed E-state index contributed by atoms with van der Waals surface area (Å²) in [6.45, 7) is 4.20. The van der Waals surface area contributed by atoms with Crippen molar-refractivity contribution in [1.29, 1.82) is 0 Å². The third-order valence-corrected chi connectivity index (χ3v) is 4.95. The smallest absolute Gasteiger partial charge is 0.201 e. The summed E-state index contributed by atoms with van der Waals surface area (Å²) in [6.07, 6.45) is 3.92. The minimum absolute atomic E-state index is 0.0105. The second-order valence-electron chi connectivity index (χ2n) is 6.66. The summed E-state index contributed by atoms with van der Waals surface area (Å²) in [5.41, 5.74) is 5.61. The highest BCUT2D eigenvalue weighted by Crippen LogP contribution is 2.26. The van der Waals surface area contributed by atoms with Gasteiger partial charge in [-0.15, -0.1) is 0 Å². The Morgan fingerprint density at radius 3 is 2.33 bits per heavy atom. The molecule has 0 bridgehead atoms. The lowest BCUT2D eigenvalue weighted by Gasteiger charge is -2.08. The van der Waals surface area contributed by atoms with Crippen LogP contribution in [0.3, 0.4) is 0 Å². The van der Waals surface area contributed by atoms with Crippen LogP contribution in [0.1, 0.15) is 22.5 Å². The van der Waals surface area contributed by atoms with Crippen molar-refractivity contribution in [2.24, 2.45) is 0 Å². The van der Waals surface area contributed by atoms with Crippen LogP contribution in [0.15, 0.2) is 82.0 Å². The summed E-state index contributed by atoms with van der Waals surface area (Å²) in [5.74, 6) is 0.575. The fraction of sp³-hybridized carbons (Fsp3) is 0.0800. The Morgan fingerprint density at radius 2 is 1.52 bits per heavy atom. The van der Waals surface area contributed by atoms with Crippen molar-refractivity contribution < 1.29 is 4.42 Å². The van der Waals surface area contributed by atoms with Gasteiger partial charge in [-0.25, -0.2) is 0 Å². The normalized spacial score (nSPS) is 11.3. The maximum absolute atomic E-state index is 13.2. The van der Waals surface area contributed by atoms with Gasteiger partial charge in [-0.05, 0) is 54.3 Å². The van der Waals surface area contributed by atoms with Gasteiger partial charge in [-0.1, -0.05) is 66.7 Å². The van der Waals surface area contributed by atoms with Crippen molar-refractivity contribution in [1.82, 2.24) is 0 Å². The number of hydrogen-bond donors (Lipinski definition) is 0. The van der Waals surface area contributed by atoms with Gasteiger partial charge in [-0.3, -0.25) is 4.79 Å². The number of benzene rings is 3. The first-order chi connectivity index (χ1) is 13.1. The molecule has 27 heavy (non-hydrogen) atoms. The molecule has 0 spiro atoms. The standard InChI is InChI=1S/C25H20O2/c1-17-9-8-12-19(18(17)2)15-16-23-24(20-10-4-3-5-11-20)25(26)21-13-6-7-14-22(21)27-23/h3-16H,1-2H3/b16-15+. The molecule has 2 nitrogen and oxygen atoms in total. The molecule has 0 aliphatic rings. The van der Waals surface area contributed by atoms with E-state index < -0.39 is 0 Å². The van der Waals surface area contributed by atoms with Crippen molar-refractivity contribution in [2.75, 3.05) is 0 Å². The van der Waals surface area contributed by atoms with Gasteiger partial charge in [0.1, 0.15) is 11.3 Å². The first-order valence-electron chi connectivity index (χ1n) is 9.01. The second kappa shape index (κ2) is 7.08. The fourth-order valence-electron chi connectivity index (χ4n) is 3.27. The van der Waals surface area contributed by atoms with Crippen LogP contribution in [0.4, 0.5) is 0 Å². The van der Waals surface area contributed by atoms with Crippen molar-refractivity contribution in [3.8, 4) is 11.1 Å². The largest absolute Gasteiger partial charge is 0.456 e. The molecule has 4 aromatic rings. The van der Waals surface area contributed by atoms with Crippen LogP contribution in [0.25, 0.3) is 34.2 Å².